The first-order valence-corrected chi connectivity index (χ1v) is 6.53. The van der Waals surface area contributed by atoms with Crippen molar-refractivity contribution in [1.29, 1.82) is 0 Å². The van der Waals surface area contributed by atoms with E-state index in [9.17, 15) is 4.79 Å². The predicted octanol–water partition coefficient (Wildman–Crippen LogP) is -1.42. The van der Waals surface area contributed by atoms with Gasteiger partial charge in [-0.2, -0.15) is 0 Å². The molecule has 6 N–H and O–H groups in total. The maximum Gasteiger partial charge on any atom is 0.255 e. The van der Waals surface area contributed by atoms with Gasteiger partial charge < -0.3 is 30.1 Å². The van der Waals surface area contributed by atoms with Crippen molar-refractivity contribution in [2.45, 2.75) is 31.0 Å². The van der Waals surface area contributed by atoms with Gasteiger partial charge in [0.15, 0.2) is 11.1 Å². The third-order valence-corrected chi connectivity index (χ3v) is 3.00. The number of H-pyrrole nitrogens is 2. The fraction of sp³-hybridized carbons (Fsp3) is 0.500. The predicted molar refractivity (Wildman–Crippen MR) is 76.1 cm³/mol. The maximum absolute atomic E-state index is 11.0. The molecule has 0 radical (unpaired) electrons. The molecule has 2 rings (SSSR count). The van der Waals surface area contributed by atoms with Crippen LogP contribution in [-0.2, 0) is 11.2 Å². The normalized spacial score (nSPS) is 27.8. The molecular formula is C12H18N2O6S. The first kappa shape index (κ1) is 17.7. The Kier molecular flexibility index (Phi) is 6.89. The van der Waals surface area contributed by atoms with Crippen LogP contribution in [0.15, 0.2) is 23.6 Å². The molecule has 9 heteroatoms. The monoisotopic (exact) mass is 318 g/mol. The molecule has 2 heterocycles. The molecule has 4 atom stereocenters. The SMILES string of the molecule is C=CCc1c[nH]c(=S)[nH]c1=O.OC[C@H]1OC(O)[C@@H](O)[C@@H]1O. The summed E-state index contributed by atoms with van der Waals surface area (Å²) in [6.45, 7) is 3.12. The fourth-order valence-electron chi connectivity index (χ4n) is 1.62. The molecule has 0 amide bonds. The molecule has 8 nitrogen and oxygen atoms in total. The summed E-state index contributed by atoms with van der Waals surface area (Å²) >= 11 is 4.71. The second kappa shape index (κ2) is 8.17. The Bertz CT molecular complexity index is 571. The second-order valence-corrected chi connectivity index (χ2v) is 4.73. The van der Waals surface area contributed by atoms with Crippen molar-refractivity contribution in [3.8, 4) is 0 Å². The van der Waals surface area contributed by atoms with Gasteiger partial charge in [-0.3, -0.25) is 9.78 Å². The zero-order valence-corrected chi connectivity index (χ0v) is 11.9. The number of aromatic amines is 2. The van der Waals surface area contributed by atoms with Crippen LogP contribution in [0.25, 0.3) is 0 Å². The van der Waals surface area contributed by atoms with Crippen molar-refractivity contribution in [3.63, 3.8) is 0 Å². The Labute approximate surface area is 125 Å². The van der Waals surface area contributed by atoms with Crippen LogP contribution in [0.2, 0.25) is 0 Å². The molecule has 0 bridgehead atoms. The van der Waals surface area contributed by atoms with Gasteiger partial charge in [-0.05, 0) is 18.6 Å². The summed E-state index contributed by atoms with van der Waals surface area (Å²) in [6, 6.07) is 0. The standard InChI is InChI=1S/C7H8N2OS.C5H10O5/c1-2-3-5-4-8-7(11)9-6(5)10;6-1-2-3(7)4(8)5(9)10-2/h2,4H,1,3H2,(H2,8,9,10,11);2-9H,1H2/t;2-,3-,4+,5?/m.1/s1. The van der Waals surface area contributed by atoms with Gasteiger partial charge >= 0.3 is 0 Å². The Hall–Kier alpha value is -1.36. The van der Waals surface area contributed by atoms with E-state index in [0.29, 0.717) is 16.8 Å². The van der Waals surface area contributed by atoms with E-state index in [0.717, 1.165) is 0 Å². The Morgan fingerprint density at radius 3 is 2.43 bits per heavy atom. The second-order valence-electron chi connectivity index (χ2n) is 4.32. The van der Waals surface area contributed by atoms with Crippen molar-refractivity contribution in [1.82, 2.24) is 9.97 Å². The molecule has 1 aliphatic heterocycles. The van der Waals surface area contributed by atoms with Gasteiger partial charge in [0.05, 0.1) is 6.61 Å². The summed E-state index contributed by atoms with van der Waals surface area (Å²) in [7, 11) is 0. The summed E-state index contributed by atoms with van der Waals surface area (Å²) in [6.07, 6.45) is -0.930. The zero-order chi connectivity index (χ0) is 16.0. The summed E-state index contributed by atoms with van der Waals surface area (Å²) < 4.78 is 4.89. The van der Waals surface area contributed by atoms with Crippen LogP contribution in [0.3, 0.4) is 0 Å². The molecule has 0 spiro atoms. The van der Waals surface area contributed by atoms with Crippen molar-refractivity contribution in [2.75, 3.05) is 6.61 Å². The number of nitrogens with one attached hydrogen (secondary N) is 2. The van der Waals surface area contributed by atoms with E-state index in [1.165, 1.54) is 0 Å². The zero-order valence-electron chi connectivity index (χ0n) is 11.1. The number of allylic oxidation sites excluding steroid dienone is 1. The third-order valence-electron chi connectivity index (χ3n) is 2.78. The third kappa shape index (κ3) is 4.84. The molecule has 0 aromatic carbocycles. The van der Waals surface area contributed by atoms with E-state index in [4.69, 9.17) is 32.6 Å². The Morgan fingerprint density at radius 1 is 1.38 bits per heavy atom. The van der Waals surface area contributed by atoms with Gasteiger partial charge in [-0.1, -0.05) is 6.08 Å². The van der Waals surface area contributed by atoms with Gasteiger partial charge in [0, 0.05) is 11.8 Å². The lowest BCUT2D eigenvalue weighted by Gasteiger charge is -2.09. The minimum atomic E-state index is -1.38. The largest absolute Gasteiger partial charge is 0.394 e. The molecule has 0 aliphatic carbocycles. The molecule has 1 fully saturated rings. The number of aromatic nitrogens is 2. The summed E-state index contributed by atoms with van der Waals surface area (Å²) in [5.41, 5.74) is 0.502. The van der Waals surface area contributed by atoms with Crippen LogP contribution in [0.4, 0.5) is 0 Å². The van der Waals surface area contributed by atoms with E-state index in [1.807, 2.05) is 0 Å². The lowest BCUT2D eigenvalue weighted by molar-refractivity contribution is -0.132. The highest BCUT2D eigenvalue weighted by Gasteiger charge is 2.41. The minimum absolute atomic E-state index is 0.145. The minimum Gasteiger partial charge on any atom is -0.394 e. The number of aliphatic hydroxyl groups is 4. The number of aliphatic hydroxyl groups excluding tert-OH is 4. The van der Waals surface area contributed by atoms with Gasteiger partial charge in [-0.15, -0.1) is 6.58 Å². The highest BCUT2D eigenvalue weighted by Crippen LogP contribution is 2.18. The molecule has 0 saturated carbocycles. The Balaban J connectivity index is 0.000000211. The molecule has 1 aromatic heterocycles. The number of hydrogen-bond acceptors (Lipinski definition) is 7. The average molecular weight is 318 g/mol. The van der Waals surface area contributed by atoms with Gasteiger partial charge in [0.2, 0.25) is 0 Å². The smallest absolute Gasteiger partial charge is 0.255 e. The lowest BCUT2D eigenvalue weighted by atomic mass is 10.1. The Morgan fingerprint density at radius 2 is 2.05 bits per heavy atom. The van der Waals surface area contributed by atoms with Crippen LogP contribution in [0.5, 0.6) is 0 Å². The van der Waals surface area contributed by atoms with Crippen LogP contribution in [-0.4, -0.2) is 61.6 Å². The fourth-order valence-corrected chi connectivity index (χ4v) is 1.78. The summed E-state index contributed by atoms with van der Waals surface area (Å²) in [5, 5.41) is 35.0. The van der Waals surface area contributed by atoms with Crippen molar-refractivity contribution in [2.24, 2.45) is 0 Å². The molecular weight excluding hydrogens is 300 g/mol. The highest BCUT2D eigenvalue weighted by atomic mass is 32.1. The van der Waals surface area contributed by atoms with Crippen LogP contribution >= 0.6 is 12.2 Å². The van der Waals surface area contributed by atoms with Crippen LogP contribution < -0.4 is 5.56 Å². The first-order valence-electron chi connectivity index (χ1n) is 6.13. The van der Waals surface area contributed by atoms with Crippen molar-refractivity contribution < 1.29 is 25.2 Å². The highest BCUT2D eigenvalue weighted by molar-refractivity contribution is 7.71. The van der Waals surface area contributed by atoms with Crippen LogP contribution in [0, 0.1) is 4.77 Å². The molecule has 1 unspecified atom stereocenters. The van der Waals surface area contributed by atoms with Crippen LogP contribution in [0.1, 0.15) is 5.56 Å². The molecule has 21 heavy (non-hydrogen) atoms. The number of ether oxygens (including phenoxy) is 1. The summed E-state index contributed by atoms with van der Waals surface area (Å²) in [4.78, 5) is 16.3. The quantitative estimate of drug-likeness (QED) is 0.297. The molecule has 1 aromatic rings. The maximum atomic E-state index is 11.0. The topological polar surface area (TPSA) is 139 Å². The van der Waals surface area contributed by atoms with E-state index in [-0.39, 0.29) is 5.56 Å². The van der Waals surface area contributed by atoms with E-state index < -0.39 is 31.2 Å². The molecule has 1 aliphatic rings. The van der Waals surface area contributed by atoms with E-state index >= 15 is 0 Å². The molecule has 118 valence electrons. The van der Waals surface area contributed by atoms with E-state index in [2.05, 4.69) is 21.3 Å². The first-order chi connectivity index (χ1) is 9.90. The summed E-state index contributed by atoms with van der Waals surface area (Å²) in [5.74, 6) is 0. The number of rotatable bonds is 3. The van der Waals surface area contributed by atoms with Crippen molar-refractivity contribution in [3.05, 3.63) is 39.5 Å². The van der Waals surface area contributed by atoms with Gasteiger partial charge in [0.1, 0.15) is 18.3 Å². The van der Waals surface area contributed by atoms with E-state index in [1.54, 1.807) is 12.3 Å². The number of hydrogen-bond donors (Lipinski definition) is 6. The average Bonchev–Trinajstić information content (AvgIpc) is 2.70. The lowest BCUT2D eigenvalue weighted by Crippen LogP contribution is -2.33. The molecule has 1 saturated heterocycles. The van der Waals surface area contributed by atoms with Gasteiger partial charge in [-0.25, -0.2) is 0 Å². The van der Waals surface area contributed by atoms with Gasteiger partial charge in [0.25, 0.3) is 5.56 Å². The van der Waals surface area contributed by atoms with Crippen molar-refractivity contribution >= 4 is 12.2 Å².